The predicted octanol–water partition coefficient (Wildman–Crippen LogP) is 3.51. The van der Waals surface area contributed by atoms with Gasteiger partial charge in [-0.15, -0.1) is 0 Å². The fourth-order valence-corrected chi connectivity index (χ4v) is 2.11. The van der Waals surface area contributed by atoms with Crippen LogP contribution in [0.25, 0.3) is 0 Å². The first-order valence-electron chi connectivity index (χ1n) is 7.25. The van der Waals surface area contributed by atoms with Crippen molar-refractivity contribution in [3.63, 3.8) is 0 Å². The number of aryl methyl sites for hydroxylation is 1. The van der Waals surface area contributed by atoms with E-state index in [4.69, 9.17) is 4.74 Å². The number of hydrogen-bond donors (Lipinski definition) is 1. The zero-order valence-electron chi connectivity index (χ0n) is 12.5. The maximum absolute atomic E-state index is 11.9. The van der Waals surface area contributed by atoms with E-state index in [1.54, 1.807) is 0 Å². The van der Waals surface area contributed by atoms with Crippen LogP contribution in [-0.4, -0.2) is 12.5 Å². The molecule has 0 aromatic heterocycles. The molecule has 0 bridgehead atoms. The zero-order valence-corrected chi connectivity index (χ0v) is 12.5. The van der Waals surface area contributed by atoms with Crippen LogP contribution in [0.1, 0.15) is 31.0 Å². The van der Waals surface area contributed by atoms with Gasteiger partial charge in [0.15, 0.2) is 6.61 Å². The second-order valence-corrected chi connectivity index (χ2v) is 4.99. The Morgan fingerprint density at radius 2 is 1.90 bits per heavy atom. The summed E-state index contributed by atoms with van der Waals surface area (Å²) in [5.74, 6) is 0.616. The summed E-state index contributed by atoms with van der Waals surface area (Å²) in [4.78, 5) is 11.9. The number of nitrogens with one attached hydrogen (secondary N) is 1. The first kappa shape index (κ1) is 15.1. The predicted molar refractivity (Wildman–Crippen MR) is 84.3 cm³/mol. The Kier molecular flexibility index (Phi) is 5.38. The van der Waals surface area contributed by atoms with Crippen molar-refractivity contribution in [3.8, 4) is 5.75 Å². The molecule has 0 saturated carbocycles. The van der Waals surface area contributed by atoms with E-state index in [0.717, 1.165) is 17.7 Å². The minimum absolute atomic E-state index is 0.0238. The molecular weight excluding hydrogens is 262 g/mol. The van der Waals surface area contributed by atoms with E-state index >= 15 is 0 Å². The Morgan fingerprint density at radius 1 is 1.14 bits per heavy atom. The van der Waals surface area contributed by atoms with Gasteiger partial charge in [-0.2, -0.15) is 0 Å². The summed E-state index contributed by atoms with van der Waals surface area (Å²) in [7, 11) is 0. The highest BCUT2D eigenvalue weighted by Gasteiger charge is 2.09. The van der Waals surface area contributed by atoms with Crippen molar-refractivity contribution < 1.29 is 9.53 Å². The van der Waals surface area contributed by atoms with Gasteiger partial charge in [-0.25, -0.2) is 0 Å². The molecule has 3 nitrogen and oxygen atoms in total. The molecule has 0 aliphatic rings. The highest BCUT2D eigenvalue weighted by Crippen LogP contribution is 2.14. The molecule has 2 aromatic rings. The SMILES string of the molecule is CCc1cccc(OCC(=O)N[C@@H](C)c2ccccc2)c1. The minimum atomic E-state index is -0.117. The van der Waals surface area contributed by atoms with Gasteiger partial charge >= 0.3 is 0 Å². The van der Waals surface area contributed by atoms with Crippen LogP contribution in [0.4, 0.5) is 0 Å². The number of hydrogen-bond acceptors (Lipinski definition) is 2. The molecule has 0 heterocycles. The molecule has 0 unspecified atom stereocenters. The van der Waals surface area contributed by atoms with Gasteiger partial charge in [0.1, 0.15) is 5.75 Å². The van der Waals surface area contributed by atoms with Gasteiger partial charge < -0.3 is 10.1 Å². The highest BCUT2D eigenvalue weighted by molar-refractivity contribution is 5.78. The lowest BCUT2D eigenvalue weighted by Crippen LogP contribution is -2.31. The molecule has 0 radical (unpaired) electrons. The van der Waals surface area contributed by atoms with Crippen LogP contribution in [0.5, 0.6) is 5.75 Å². The Balaban J connectivity index is 1.84. The van der Waals surface area contributed by atoms with E-state index in [2.05, 4.69) is 12.2 Å². The number of amides is 1. The van der Waals surface area contributed by atoms with Crippen LogP contribution in [0.3, 0.4) is 0 Å². The quantitative estimate of drug-likeness (QED) is 0.881. The number of carbonyl (C=O) groups excluding carboxylic acids is 1. The summed E-state index contributed by atoms with van der Waals surface area (Å²) >= 11 is 0. The van der Waals surface area contributed by atoms with Crippen LogP contribution >= 0.6 is 0 Å². The summed E-state index contributed by atoms with van der Waals surface area (Å²) in [6.07, 6.45) is 0.953. The van der Waals surface area contributed by atoms with E-state index in [1.165, 1.54) is 5.56 Å². The third-order valence-corrected chi connectivity index (χ3v) is 3.35. The molecule has 0 spiro atoms. The fourth-order valence-electron chi connectivity index (χ4n) is 2.11. The molecule has 2 aromatic carbocycles. The summed E-state index contributed by atoms with van der Waals surface area (Å²) < 4.78 is 5.53. The molecule has 3 heteroatoms. The molecule has 1 N–H and O–H groups in total. The standard InChI is InChI=1S/C18H21NO2/c1-3-15-8-7-11-17(12-15)21-13-18(20)19-14(2)16-9-5-4-6-10-16/h4-12,14H,3,13H2,1-2H3,(H,19,20)/t14-/m0/s1. The van der Waals surface area contributed by atoms with Crippen LogP contribution in [0.15, 0.2) is 54.6 Å². The lowest BCUT2D eigenvalue weighted by molar-refractivity contribution is -0.123. The minimum Gasteiger partial charge on any atom is -0.484 e. The highest BCUT2D eigenvalue weighted by atomic mass is 16.5. The lowest BCUT2D eigenvalue weighted by Gasteiger charge is -2.14. The van der Waals surface area contributed by atoms with Crippen molar-refractivity contribution in [2.24, 2.45) is 0 Å². The maximum Gasteiger partial charge on any atom is 0.258 e. The molecule has 2 rings (SSSR count). The van der Waals surface area contributed by atoms with Crippen LogP contribution < -0.4 is 10.1 Å². The average molecular weight is 283 g/mol. The molecule has 0 fully saturated rings. The van der Waals surface area contributed by atoms with Crippen molar-refractivity contribution in [3.05, 3.63) is 65.7 Å². The second kappa shape index (κ2) is 7.48. The average Bonchev–Trinajstić information content (AvgIpc) is 2.54. The normalized spacial score (nSPS) is 11.7. The van der Waals surface area contributed by atoms with Gasteiger partial charge in [-0.1, -0.05) is 49.4 Å². The zero-order chi connectivity index (χ0) is 15.1. The summed E-state index contributed by atoms with van der Waals surface area (Å²) in [6, 6.07) is 17.7. The molecule has 0 aliphatic carbocycles. The number of carbonyl (C=O) groups is 1. The molecule has 0 saturated heterocycles. The van der Waals surface area contributed by atoms with Gasteiger partial charge in [-0.05, 0) is 36.6 Å². The fraction of sp³-hybridized carbons (Fsp3) is 0.278. The number of benzene rings is 2. The lowest BCUT2D eigenvalue weighted by atomic mass is 10.1. The van der Waals surface area contributed by atoms with Gasteiger partial charge in [0.05, 0.1) is 6.04 Å². The third kappa shape index (κ3) is 4.63. The van der Waals surface area contributed by atoms with Crippen molar-refractivity contribution in [1.82, 2.24) is 5.32 Å². The van der Waals surface area contributed by atoms with Crippen LogP contribution in [0.2, 0.25) is 0 Å². The largest absolute Gasteiger partial charge is 0.484 e. The first-order chi connectivity index (χ1) is 10.2. The van der Waals surface area contributed by atoms with E-state index in [9.17, 15) is 4.79 Å². The van der Waals surface area contributed by atoms with Crippen LogP contribution in [0, 0.1) is 0 Å². The monoisotopic (exact) mass is 283 g/mol. The van der Waals surface area contributed by atoms with Crippen molar-refractivity contribution in [2.75, 3.05) is 6.61 Å². The van der Waals surface area contributed by atoms with E-state index < -0.39 is 0 Å². The van der Waals surface area contributed by atoms with E-state index in [1.807, 2.05) is 61.5 Å². The number of ether oxygens (including phenoxy) is 1. The second-order valence-electron chi connectivity index (χ2n) is 4.99. The van der Waals surface area contributed by atoms with Gasteiger partial charge in [0.2, 0.25) is 0 Å². The molecule has 110 valence electrons. The van der Waals surface area contributed by atoms with Crippen molar-refractivity contribution in [2.45, 2.75) is 26.3 Å². The molecule has 1 atom stereocenters. The Morgan fingerprint density at radius 3 is 2.62 bits per heavy atom. The smallest absolute Gasteiger partial charge is 0.258 e. The Labute approximate surface area is 126 Å². The molecule has 1 amide bonds. The summed E-state index contributed by atoms with van der Waals surface area (Å²) in [5, 5.41) is 2.93. The van der Waals surface area contributed by atoms with E-state index in [0.29, 0.717) is 0 Å². The van der Waals surface area contributed by atoms with Crippen molar-refractivity contribution >= 4 is 5.91 Å². The molecule has 21 heavy (non-hydrogen) atoms. The van der Waals surface area contributed by atoms with Gasteiger partial charge in [0.25, 0.3) is 5.91 Å². The van der Waals surface area contributed by atoms with Crippen LogP contribution in [-0.2, 0) is 11.2 Å². The molecular formula is C18H21NO2. The number of rotatable bonds is 6. The topological polar surface area (TPSA) is 38.3 Å². The Bertz CT molecular complexity index is 581. The van der Waals surface area contributed by atoms with Gasteiger partial charge in [-0.3, -0.25) is 4.79 Å². The molecule has 0 aliphatic heterocycles. The Hall–Kier alpha value is -2.29. The maximum atomic E-state index is 11.9. The third-order valence-electron chi connectivity index (χ3n) is 3.35. The summed E-state index contributed by atoms with van der Waals surface area (Å²) in [6.45, 7) is 4.09. The summed E-state index contributed by atoms with van der Waals surface area (Å²) in [5.41, 5.74) is 2.28. The van der Waals surface area contributed by atoms with E-state index in [-0.39, 0.29) is 18.6 Å². The van der Waals surface area contributed by atoms with Crippen molar-refractivity contribution in [1.29, 1.82) is 0 Å². The van der Waals surface area contributed by atoms with Gasteiger partial charge in [0, 0.05) is 0 Å². The first-order valence-corrected chi connectivity index (χ1v) is 7.25.